The lowest BCUT2D eigenvalue weighted by molar-refractivity contribution is -0.121. The number of carbonyl (C=O) groups is 1. The third-order valence-electron chi connectivity index (χ3n) is 3.17. The third-order valence-corrected chi connectivity index (χ3v) is 3.17. The van der Waals surface area contributed by atoms with Crippen molar-refractivity contribution in [1.82, 2.24) is 9.88 Å². The predicted molar refractivity (Wildman–Crippen MR) is 78.7 cm³/mol. The maximum Gasteiger partial charge on any atom is 0.239 e. The minimum atomic E-state index is 0.0619. The van der Waals surface area contributed by atoms with Gasteiger partial charge in [0.15, 0.2) is 0 Å². The maximum atomic E-state index is 11.7. The molecule has 1 atom stereocenters. The summed E-state index contributed by atoms with van der Waals surface area (Å²) in [6.07, 6.45) is 6.96. The van der Waals surface area contributed by atoms with Gasteiger partial charge in [-0.25, -0.2) is 0 Å². The molecule has 1 rings (SSSR count). The molecule has 0 bridgehead atoms. The summed E-state index contributed by atoms with van der Waals surface area (Å²) in [5.74, 6) is 0.678. The molecule has 0 aliphatic heterocycles. The topological polar surface area (TPSA) is 60.0 Å². The van der Waals surface area contributed by atoms with Crippen LogP contribution in [0.25, 0.3) is 0 Å². The van der Waals surface area contributed by atoms with Gasteiger partial charge in [-0.1, -0.05) is 27.2 Å². The predicted octanol–water partition coefficient (Wildman–Crippen LogP) is 2.45. The van der Waals surface area contributed by atoms with E-state index in [2.05, 4.69) is 26.1 Å². The van der Waals surface area contributed by atoms with Gasteiger partial charge in [0.1, 0.15) is 6.54 Å². The Morgan fingerprint density at radius 2 is 2.16 bits per heavy atom. The number of hydrogen-bond acceptors (Lipinski definition) is 2. The van der Waals surface area contributed by atoms with Crippen LogP contribution in [-0.2, 0) is 11.3 Å². The molecule has 108 valence electrons. The van der Waals surface area contributed by atoms with Gasteiger partial charge in [0.25, 0.3) is 0 Å². The quantitative estimate of drug-likeness (QED) is 0.758. The summed E-state index contributed by atoms with van der Waals surface area (Å²) in [7, 11) is 0. The first-order valence-electron chi connectivity index (χ1n) is 7.20. The Balaban J connectivity index is 2.38. The van der Waals surface area contributed by atoms with Crippen molar-refractivity contribution in [3.8, 4) is 0 Å². The van der Waals surface area contributed by atoms with Crippen molar-refractivity contribution in [2.75, 3.05) is 6.54 Å². The van der Waals surface area contributed by atoms with E-state index in [-0.39, 0.29) is 11.9 Å². The molecule has 1 heterocycles. The first-order valence-corrected chi connectivity index (χ1v) is 7.20. The van der Waals surface area contributed by atoms with Crippen LogP contribution < -0.4 is 11.1 Å². The highest BCUT2D eigenvalue weighted by molar-refractivity contribution is 5.75. The van der Waals surface area contributed by atoms with E-state index in [9.17, 15) is 4.79 Å². The van der Waals surface area contributed by atoms with Gasteiger partial charge in [-0.2, -0.15) is 0 Å². The normalized spacial score (nSPS) is 12.7. The van der Waals surface area contributed by atoms with Gasteiger partial charge in [0.2, 0.25) is 5.91 Å². The summed E-state index contributed by atoms with van der Waals surface area (Å²) in [5.41, 5.74) is 7.16. The largest absolute Gasteiger partial charge is 0.355 e. The zero-order valence-corrected chi connectivity index (χ0v) is 12.4. The van der Waals surface area contributed by atoms with Crippen LogP contribution in [-0.4, -0.2) is 17.0 Å². The zero-order chi connectivity index (χ0) is 14.3. The SMILES string of the molecule is CCCC(N)c1ccn(CC(=O)NCCC(C)C)c1. The molecule has 19 heavy (non-hydrogen) atoms. The molecule has 1 aromatic rings. The van der Waals surface area contributed by atoms with Crippen molar-refractivity contribution in [1.29, 1.82) is 0 Å². The fourth-order valence-corrected chi connectivity index (χ4v) is 1.98. The Morgan fingerprint density at radius 3 is 2.79 bits per heavy atom. The molecule has 1 unspecified atom stereocenters. The second kappa shape index (κ2) is 8.00. The number of nitrogens with two attached hydrogens (primary N) is 1. The molecular weight excluding hydrogens is 238 g/mol. The number of nitrogens with zero attached hydrogens (tertiary/aromatic N) is 1. The van der Waals surface area contributed by atoms with Crippen molar-refractivity contribution >= 4 is 5.91 Å². The molecule has 4 nitrogen and oxygen atoms in total. The molecule has 0 aliphatic carbocycles. The van der Waals surface area contributed by atoms with Crippen LogP contribution in [0.15, 0.2) is 18.5 Å². The van der Waals surface area contributed by atoms with Crippen LogP contribution in [0.1, 0.15) is 51.6 Å². The number of aromatic nitrogens is 1. The molecule has 1 aromatic heterocycles. The van der Waals surface area contributed by atoms with E-state index < -0.39 is 0 Å². The van der Waals surface area contributed by atoms with Gasteiger partial charge in [0, 0.05) is 25.0 Å². The van der Waals surface area contributed by atoms with Crippen molar-refractivity contribution in [2.24, 2.45) is 11.7 Å². The number of rotatable bonds is 8. The van der Waals surface area contributed by atoms with Gasteiger partial charge < -0.3 is 15.6 Å². The van der Waals surface area contributed by atoms with Gasteiger partial charge in [-0.05, 0) is 30.4 Å². The number of amides is 1. The average Bonchev–Trinajstić information content (AvgIpc) is 2.77. The lowest BCUT2D eigenvalue weighted by atomic mass is 10.1. The van der Waals surface area contributed by atoms with E-state index in [4.69, 9.17) is 5.73 Å². The molecule has 0 aromatic carbocycles. The second-order valence-corrected chi connectivity index (χ2v) is 5.54. The molecule has 0 saturated carbocycles. The third kappa shape index (κ3) is 5.92. The monoisotopic (exact) mass is 265 g/mol. The van der Waals surface area contributed by atoms with Gasteiger partial charge in [-0.15, -0.1) is 0 Å². The fourth-order valence-electron chi connectivity index (χ4n) is 1.98. The molecule has 0 spiro atoms. The average molecular weight is 265 g/mol. The smallest absolute Gasteiger partial charge is 0.239 e. The first kappa shape index (κ1) is 15.8. The van der Waals surface area contributed by atoms with Crippen LogP contribution in [0.5, 0.6) is 0 Å². The highest BCUT2D eigenvalue weighted by atomic mass is 16.1. The van der Waals surface area contributed by atoms with Crippen molar-refractivity contribution in [3.63, 3.8) is 0 Å². The van der Waals surface area contributed by atoms with E-state index in [1.165, 1.54) is 0 Å². The summed E-state index contributed by atoms with van der Waals surface area (Å²) in [6.45, 7) is 7.55. The van der Waals surface area contributed by atoms with Crippen molar-refractivity contribution in [2.45, 2.75) is 52.6 Å². The van der Waals surface area contributed by atoms with E-state index in [0.29, 0.717) is 12.5 Å². The van der Waals surface area contributed by atoms with E-state index in [0.717, 1.165) is 31.4 Å². The number of nitrogens with one attached hydrogen (secondary N) is 1. The van der Waals surface area contributed by atoms with Crippen molar-refractivity contribution < 1.29 is 4.79 Å². The van der Waals surface area contributed by atoms with E-state index in [1.807, 2.05) is 23.0 Å². The minimum Gasteiger partial charge on any atom is -0.355 e. The number of hydrogen-bond donors (Lipinski definition) is 2. The Labute approximate surface area is 116 Å². The van der Waals surface area contributed by atoms with Gasteiger partial charge >= 0.3 is 0 Å². The zero-order valence-electron chi connectivity index (χ0n) is 12.4. The second-order valence-electron chi connectivity index (χ2n) is 5.54. The summed E-state index contributed by atoms with van der Waals surface area (Å²) in [4.78, 5) is 11.7. The van der Waals surface area contributed by atoms with Crippen LogP contribution >= 0.6 is 0 Å². The van der Waals surface area contributed by atoms with Crippen molar-refractivity contribution in [3.05, 3.63) is 24.0 Å². The number of carbonyl (C=O) groups excluding carboxylic acids is 1. The highest BCUT2D eigenvalue weighted by Gasteiger charge is 2.08. The summed E-state index contributed by atoms with van der Waals surface area (Å²) in [6, 6.07) is 2.08. The Hall–Kier alpha value is -1.29. The molecule has 0 saturated heterocycles. The molecule has 1 amide bonds. The molecule has 0 aliphatic rings. The van der Waals surface area contributed by atoms with Crippen LogP contribution in [0.2, 0.25) is 0 Å². The van der Waals surface area contributed by atoms with E-state index >= 15 is 0 Å². The molecule has 0 fully saturated rings. The molecule has 3 N–H and O–H groups in total. The summed E-state index contributed by atoms with van der Waals surface area (Å²) < 4.78 is 1.90. The van der Waals surface area contributed by atoms with Gasteiger partial charge in [-0.3, -0.25) is 4.79 Å². The molecular formula is C15H27N3O. The molecule has 0 radical (unpaired) electrons. The Morgan fingerprint density at radius 1 is 1.42 bits per heavy atom. The standard InChI is InChI=1S/C15H27N3O/c1-4-5-14(16)13-7-9-18(10-13)11-15(19)17-8-6-12(2)3/h7,9-10,12,14H,4-6,8,11,16H2,1-3H3,(H,17,19). The first-order chi connectivity index (χ1) is 9.02. The van der Waals surface area contributed by atoms with Gasteiger partial charge in [0.05, 0.1) is 0 Å². The minimum absolute atomic E-state index is 0.0619. The van der Waals surface area contributed by atoms with E-state index in [1.54, 1.807) is 0 Å². The molecule has 4 heteroatoms. The maximum absolute atomic E-state index is 11.7. The Bertz CT molecular complexity index is 384. The van der Waals surface area contributed by atoms with Crippen LogP contribution in [0.3, 0.4) is 0 Å². The summed E-state index contributed by atoms with van der Waals surface area (Å²) >= 11 is 0. The highest BCUT2D eigenvalue weighted by Crippen LogP contribution is 2.15. The summed E-state index contributed by atoms with van der Waals surface area (Å²) in [5, 5.41) is 2.94. The fraction of sp³-hybridized carbons (Fsp3) is 0.667. The van der Waals surface area contributed by atoms with Crippen LogP contribution in [0.4, 0.5) is 0 Å². The lowest BCUT2D eigenvalue weighted by Crippen LogP contribution is -2.28. The Kier molecular flexibility index (Phi) is 6.64. The lowest BCUT2D eigenvalue weighted by Gasteiger charge is -2.09. The van der Waals surface area contributed by atoms with Crippen LogP contribution in [0, 0.1) is 5.92 Å².